The van der Waals surface area contributed by atoms with E-state index < -0.39 is 0 Å². The van der Waals surface area contributed by atoms with E-state index >= 15 is 0 Å². The summed E-state index contributed by atoms with van der Waals surface area (Å²) in [7, 11) is 0. The van der Waals surface area contributed by atoms with E-state index in [4.69, 9.17) is 0 Å². The lowest BCUT2D eigenvalue weighted by Crippen LogP contribution is -2.48. The Kier molecular flexibility index (Phi) is 5.99. The van der Waals surface area contributed by atoms with E-state index in [0.717, 1.165) is 17.7 Å². The molecule has 1 fully saturated rings. The Labute approximate surface area is 175 Å². The molecule has 2 aliphatic rings. The molecule has 29 heavy (non-hydrogen) atoms. The molecule has 1 aliphatic heterocycles. The van der Waals surface area contributed by atoms with Crippen molar-refractivity contribution in [3.05, 3.63) is 51.0 Å². The van der Waals surface area contributed by atoms with Gasteiger partial charge in [0.1, 0.15) is 5.82 Å². The van der Waals surface area contributed by atoms with Crippen molar-refractivity contribution in [3.8, 4) is 0 Å². The molecule has 2 aromatic rings. The number of nitrogens with zero attached hydrogens (tertiary/aromatic N) is 2. The van der Waals surface area contributed by atoms with E-state index in [1.807, 2.05) is 9.80 Å². The zero-order valence-electron chi connectivity index (χ0n) is 16.9. The summed E-state index contributed by atoms with van der Waals surface area (Å²) in [5, 5.41) is 0. The highest BCUT2D eigenvalue weighted by Gasteiger charge is 2.26. The van der Waals surface area contributed by atoms with Crippen LogP contribution in [-0.4, -0.2) is 42.8 Å². The molecule has 1 saturated heterocycles. The number of Topliss-reactive ketones (excluding diaryl/α,β-unsaturated/α-hetero) is 1. The zero-order chi connectivity index (χ0) is 20.4. The van der Waals surface area contributed by atoms with Crippen LogP contribution in [0.3, 0.4) is 0 Å². The molecule has 4 nitrogen and oxygen atoms in total. The second-order valence-corrected chi connectivity index (χ2v) is 9.11. The first kappa shape index (κ1) is 20.1. The van der Waals surface area contributed by atoms with E-state index in [9.17, 15) is 14.0 Å². The number of carbonyl (C=O) groups is 2. The number of ketones is 1. The van der Waals surface area contributed by atoms with Crippen molar-refractivity contribution in [2.45, 2.75) is 45.4 Å². The largest absolute Gasteiger partial charge is 0.366 e. The molecular formula is C23H27FN2O2S. The third-order valence-corrected chi connectivity index (χ3v) is 7.19. The minimum atomic E-state index is -0.379. The van der Waals surface area contributed by atoms with Crippen LogP contribution in [0.25, 0.3) is 0 Å². The Morgan fingerprint density at radius 3 is 2.38 bits per heavy atom. The van der Waals surface area contributed by atoms with Crippen LogP contribution in [0.5, 0.6) is 0 Å². The molecule has 2 heterocycles. The van der Waals surface area contributed by atoms with Gasteiger partial charge in [-0.25, -0.2) is 4.39 Å². The predicted molar refractivity (Wildman–Crippen MR) is 115 cm³/mol. The lowest BCUT2D eigenvalue weighted by molar-refractivity contribution is 0.0751. The molecule has 0 atom stereocenters. The molecule has 0 unspecified atom stereocenters. The van der Waals surface area contributed by atoms with Crippen LogP contribution in [0.15, 0.2) is 24.3 Å². The fraction of sp³-hybridized carbons (Fsp3) is 0.478. The van der Waals surface area contributed by atoms with Gasteiger partial charge in [0.2, 0.25) is 0 Å². The van der Waals surface area contributed by atoms with Crippen LogP contribution in [0, 0.1) is 5.82 Å². The van der Waals surface area contributed by atoms with Gasteiger partial charge in [0.25, 0.3) is 5.91 Å². The van der Waals surface area contributed by atoms with Gasteiger partial charge in [0.15, 0.2) is 5.78 Å². The number of rotatable bonds is 3. The smallest absolute Gasteiger partial charge is 0.264 e. The van der Waals surface area contributed by atoms with Gasteiger partial charge in [-0.1, -0.05) is 12.8 Å². The average molecular weight is 415 g/mol. The maximum absolute atomic E-state index is 14.4. The molecule has 0 spiro atoms. The topological polar surface area (TPSA) is 40.6 Å². The van der Waals surface area contributed by atoms with Crippen LogP contribution in [-0.2, 0) is 12.8 Å². The molecule has 6 heteroatoms. The van der Waals surface area contributed by atoms with Crippen molar-refractivity contribution in [1.29, 1.82) is 0 Å². The molecule has 1 aromatic carbocycles. The van der Waals surface area contributed by atoms with Crippen LogP contribution < -0.4 is 4.90 Å². The van der Waals surface area contributed by atoms with E-state index in [1.54, 1.807) is 23.5 Å². The van der Waals surface area contributed by atoms with E-state index in [-0.39, 0.29) is 17.5 Å². The second-order valence-electron chi connectivity index (χ2n) is 7.97. The first-order valence-electron chi connectivity index (χ1n) is 10.5. The molecule has 1 amide bonds. The van der Waals surface area contributed by atoms with Gasteiger partial charge in [-0.3, -0.25) is 9.59 Å². The lowest BCUT2D eigenvalue weighted by atomic mass is 10.00. The molecule has 0 N–H and O–H groups in total. The van der Waals surface area contributed by atoms with Gasteiger partial charge < -0.3 is 9.80 Å². The van der Waals surface area contributed by atoms with E-state index in [1.165, 1.54) is 49.1 Å². The van der Waals surface area contributed by atoms with Crippen molar-refractivity contribution >= 4 is 28.7 Å². The maximum atomic E-state index is 14.4. The number of hydrogen-bond donors (Lipinski definition) is 0. The van der Waals surface area contributed by atoms with Gasteiger partial charge in [0.05, 0.1) is 10.6 Å². The summed E-state index contributed by atoms with van der Waals surface area (Å²) in [5.41, 5.74) is 2.25. The minimum Gasteiger partial charge on any atom is -0.366 e. The molecule has 154 valence electrons. The van der Waals surface area contributed by atoms with Gasteiger partial charge in [-0.05, 0) is 62.4 Å². The molecule has 4 rings (SSSR count). The standard InChI is InChI=1S/C23H27FN2O2S/c1-16(27)17-8-9-20(19(24)14-17)25-10-12-26(13-11-25)23(28)22-15-18-6-4-2-3-5-7-21(18)29-22/h8-9,14-15H,2-7,10-13H2,1H3. The number of fused-ring (bicyclic) bond motifs is 1. The summed E-state index contributed by atoms with van der Waals surface area (Å²) in [5.74, 6) is -0.416. The van der Waals surface area contributed by atoms with Gasteiger partial charge in [-0.15, -0.1) is 11.3 Å². The molecule has 1 aliphatic carbocycles. The van der Waals surface area contributed by atoms with Crippen molar-refractivity contribution in [2.75, 3.05) is 31.1 Å². The number of benzene rings is 1. The normalized spacial score (nSPS) is 17.4. The zero-order valence-corrected chi connectivity index (χ0v) is 17.7. The fourth-order valence-corrected chi connectivity index (χ4v) is 5.46. The monoisotopic (exact) mass is 414 g/mol. The molecule has 0 saturated carbocycles. The number of hydrogen-bond acceptors (Lipinski definition) is 4. The highest BCUT2D eigenvalue weighted by molar-refractivity contribution is 7.14. The Morgan fingerprint density at radius 2 is 1.69 bits per heavy atom. The third-order valence-electron chi connectivity index (χ3n) is 5.97. The van der Waals surface area contributed by atoms with Crippen molar-refractivity contribution < 1.29 is 14.0 Å². The highest BCUT2D eigenvalue weighted by Crippen LogP contribution is 2.30. The summed E-state index contributed by atoms with van der Waals surface area (Å²) >= 11 is 1.67. The van der Waals surface area contributed by atoms with Gasteiger partial charge >= 0.3 is 0 Å². The predicted octanol–water partition coefficient (Wildman–Crippen LogP) is 4.71. The SMILES string of the molecule is CC(=O)c1ccc(N2CCN(C(=O)c3cc4c(s3)CCCCCC4)CC2)c(F)c1. The van der Waals surface area contributed by atoms with Crippen molar-refractivity contribution in [2.24, 2.45) is 0 Å². The van der Waals surface area contributed by atoms with E-state index in [2.05, 4.69) is 6.07 Å². The first-order valence-corrected chi connectivity index (χ1v) is 11.3. The lowest BCUT2D eigenvalue weighted by Gasteiger charge is -2.36. The third kappa shape index (κ3) is 4.37. The van der Waals surface area contributed by atoms with Crippen LogP contribution in [0.2, 0.25) is 0 Å². The summed E-state index contributed by atoms with van der Waals surface area (Å²) in [6.45, 7) is 3.77. The fourth-order valence-electron chi connectivity index (χ4n) is 4.24. The average Bonchev–Trinajstić information content (AvgIpc) is 3.09. The Balaban J connectivity index is 1.41. The molecule has 1 aromatic heterocycles. The minimum absolute atomic E-state index is 0.105. The summed E-state index contributed by atoms with van der Waals surface area (Å²) in [6, 6.07) is 6.75. The quantitative estimate of drug-likeness (QED) is 0.683. The van der Waals surface area contributed by atoms with E-state index in [0.29, 0.717) is 37.4 Å². The van der Waals surface area contributed by atoms with Crippen molar-refractivity contribution in [1.82, 2.24) is 4.90 Å². The number of anilines is 1. The Bertz CT molecular complexity index is 890. The van der Waals surface area contributed by atoms with Crippen molar-refractivity contribution in [3.63, 3.8) is 0 Å². The summed E-state index contributed by atoms with van der Waals surface area (Å²) in [6.07, 6.45) is 7.17. The Morgan fingerprint density at radius 1 is 0.966 bits per heavy atom. The highest BCUT2D eigenvalue weighted by atomic mass is 32.1. The maximum Gasteiger partial charge on any atom is 0.264 e. The summed E-state index contributed by atoms with van der Waals surface area (Å²) in [4.78, 5) is 30.5. The molecule has 0 radical (unpaired) electrons. The number of piperazine rings is 1. The summed E-state index contributed by atoms with van der Waals surface area (Å²) < 4.78 is 14.4. The van der Waals surface area contributed by atoms with Gasteiger partial charge in [0, 0.05) is 36.6 Å². The Hall–Kier alpha value is -2.21. The number of carbonyl (C=O) groups excluding carboxylic acids is 2. The molecular weight excluding hydrogens is 387 g/mol. The van der Waals surface area contributed by atoms with Crippen LogP contribution in [0.1, 0.15) is 63.1 Å². The number of thiophene rings is 1. The number of halogens is 1. The van der Waals surface area contributed by atoms with Crippen LogP contribution >= 0.6 is 11.3 Å². The van der Waals surface area contributed by atoms with Gasteiger partial charge in [-0.2, -0.15) is 0 Å². The second kappa shape index (κ2) is 8.66. The molecule has 0 bridgehead atoms. The van der Waals surface area contributed by atoms with Crippen LogP contribution in [0.4, 0.5) is 10.1 Å². The first-order chi connectivity index (χ1) is 14.0. The number of aryl methyl sites for hydroxylation is 2. The number of amides is 1.